The Hall–Kier alpha value is -1.00. The van der Waals surface area contributed by atoms with Gasteiger partial charge in [-0.2, -0.15) is 0 Å². The number of hydrogen-bond donors (Lipinski definition) is 1. The average Bonchev–Trinajstić information content (AvgIpc) is 2.66. The highest BCUT2D eigenvalue weighted by Gasteiger charge is 2.38. The minimum Gasteiger partial charge on any atom is -0.384 e. The summed E-state index contributed by atoms with van der Waals surface area (Å²) in [6, 6.07) is 3.97. The van der Waals surface area contributed by atoms with Crippen LogP contribution in [0.5, 0.6) is 0 Å². The zero-order valence-corrected chi connectivity index (χ0v) is 10.1. The standard InChI is InChI=1S/C13H17F2NO/c1-9(2)16-6-5-13(17,8-16)10-3-4-11(14)12(15)7-10/h3-4,7,9,17H,5-6,8H2,1-2H3. The first-order valence-corrected chi connectivity index (χ1v) is 5.84. The number of rotatable bonds is 2. The number of aliphatic hydroxyl groups is 1. The lowest BCUT2D eigenvalue weighted by atomic mass is 9.93. The summed E-state index contributed by atoms with van der Waals surface area (Å²) in [7, 11) is 0. The van der Waals surface area contributed by atoms with E-state index in [0.29, 0.717) is 24.6 Å². The molecule has 1 N–H and O–H groups in total. The molecule has 1 aliphatic heterocycles. The summed E-state index contributed by atoms with van der Waals surface area (Å²) in [6.07, 6.45) is 0.552. The van der Waals surface area contributed by atoms with Crippen LogP contribution in [0.15, 0.2) is 18.2 Å². The Labute approximate surface area is 99.9 Å². The van der Waals surface area contributed by atoms with Crippen LogP contribution in [-0.4, -0.2) is 29.1 Å². The van der Waals surface area contributed by atoms with Crippen LogP contribution in [0, 0.1) is 11.6 Å². The molecule has 17 heavy (non-hydrogen) atoms. The van der Waals surface area contributed by atoms with E-state index in [9.17, 15) is 13.9 Å². The maximum atomic E-state index is 13.2. The lowest BCUT2D eigenvalue weighted by Crippen LogP contribution is -2.34. The summed E-state index contributed by atoms with van der Waals surface area (Å²) in [5.41, 5.74) is -0.599. The summed E-state index contributed by atoms with van der Waals surface area (Å²) >= 11 is 0. The summed E-state index contributed by atoms with van der Waals surface area (Å²) in [5.74, 6) is -1.78. The summed E-state index contributed by atoms with van der Waals surface area (Å²) in [4.78, 5) is 2.13. The molecule has 1 fully saturated rings. The zero-order chi connectivity index (χ0) is 12.6. The van der Waals surface area contributed by atoms with Gasteiger partial charge >= 0.3 is 0 Å². The molecule has 0 aliphatic carbocycles. The van der Waals surface area contributed by atoms with Crippen molar-refractivity contribution in [3.8, 4) is 0 Å². The predicted molar refractivity (Wildman–Crippen MR) is 61.6 cm³/mol. The molecule has 94 valence electrons. The molecular weight excluding hydrogens is 224 g/mol. The van der Waals surface area contributed by atoms with E-state index in [4.69, 9.17) is 0 Å². The minimum atomic E-state index is -1.06. The molecule has 1 aromatic rings. The second-order valence-electron chi connectivity index (χ2n) is 4.97. The van der Waals surface area contributed by atoms with Crippen LogP contribution in [-0.2, 0) is 5.60 Å². The second kappa shape index (κ2) is 4.35. The van der Waals surface area contributed by atoms with Crippen LogP contribution < -0.4 is 0 Å². The third kappa shape index (κ3) is 2.33. The van der Waals surface area contributed by atoms with Crippen LogP contribution in [0.3, 0.4) is 0 Å². The molecule has 0 bridgehead atoms. The number of benzene rings is 1. The van der Waals surface area contributed by atoms with Crippen molar-refractivity contribution in [2.24, 2.45) is 0 Å². The number of nitrogens with zero attached hydrogens (tertiary/aromatic N) is 1. The molecule has 4 heteroatoms. The molecule has 1 aliphatic rings. The fourth-order valence-corrected chi connectivity index (χ4v) is 2.28. The van der Waals surface area contributed by atoms with Gasteiger partial charge in [-0.25, -0.2) is 8.78 Å². The van der Waals surface area contributed by atoms with Gasteiger partial charge in [0.2, 0.25) is 0 Å². The quantitative estimate of drug-likeness (QED) is 0.858. The molecule has 0 amide bonds. The molecule has 1 heterocycles. The number of halogens is 2. The molecule has 0 saturated carbocycles. The van der Waals surface area contributed by atoms with E-state index in [1.165, 1.54) is 6.07 Å². The van der Waals surface area contributed by atoms with Crippen molar-refractivity contribution in [2.75, 3.05) is 13.1 Å². The number of β-amino-alcohol motifs (C(OH)–C–C–N with tert-alkyl or cyclic N) is 1. The predicted octanol–water partition coefficient (Wildman–Crippen LogP) is 2.27. The van der Waals surface area contributed by atoms with Crippen LogP contribution in [0.1, 0.15) is 25.8 Å². The van der Waals surface area contributed by atoms with Crippen molar-refractivity contribution < 1.29 is 13.9 Å². The Morgan fingerprint density at radius 1 is 1.29 bits per heavy atom. The van der Waals surface area contributed by atoms with Gasteiger partial charge in [0.05, 0.1) is 0 Å². The fraction of sp³-hybridized carbons (Fsp3) is 0.538. The lowest BCUT2D eigenvalue weighted by Gasteiger charge is -2.26. The second-order valence-corrected chi connectivity index (χ2v) is 4.97. The first-order valence-electron chi connectivity index (χ1n) is 5.84. The van der Waals surface area contributed by atoms with Gasteiger partial charge in [0.15, 0.2) is 11.6 Å². The Morgan fingerprint density at radius 3 is 2.53 bits per heavy atom. The fourth-order valence-electron chi connectivity index (χ4n) is 2.28. The monoisotopic (exact) mass is 241 g/mol. The molecule has 2 rings (SSSR count). The summed E-state index contributed by atoms with van der Waals surface area (Å²) in [5, 5.41) is 10.5. The molecule has 1 saturated heterocycles. The van der Waals surface area contributed by atoms with E-state index >= 15 is 0 Å². The maximum absolute atomic E-state index is 13.2. The first-order chi connectivity index (χ1) is 7.92. The Balaban J connectivity index is 2.24. The first kappa shape index (κ1) is 12.5. The van der Waals surface area contributed by atoms with Gasteiger partial charge < -0.3 is 5.11 Å². The van der Waals surface area contributed by atoms with E-state index in [-0.39, 0.29) is 0 Å². The van der Waals surface area contributed by atoms with E-state index in [2.05, 4.69) is 18.7 Å². The highest BCUT2D eigenvalue weighted by Crippen LogP contribution is 2.33. The average molecular weight is 241 g/mol. The molecule has 0 spiro atoms. The molecule has 2 nitrogen and oxygen atoms in total. The van der Waals surface area contributed by atoms with Crippen LogP contribution >= 0.6 is 0 Å². The van der Waals surface area contributed by atoms with Gasteiger partial charge in [0, 0.05) is 19.1 Å². The molecule has 0 aromatic heterocycles. The molecule has 1 aromatic carbocycles. The van der Waals surface area contributed by atoms with Crippen molar-refractivity contribution in [2.45, 2.75) is 31.9 Å². The number of hydrogen-bond acceptors (Lipinski definition) is 2. The molecular formula is C13H17F2NO. The van der Waals surface area contributed by atoms with Crippen molar-refractivity contribution >= 4 is 0 Å². The SMILES string of the molecule is CC(C)N1CCC(O)(c2ccc(F)c(F)c2)C1. The summed E-state index contributed by atoms with van der Waals surface area (Å²) in [6.45, 7) is 5.34. The molecule has 1 atom stereocenters. The Kier molecular flexibility index (Phi) is 3.19. The van der Waals surface area contributed by atoms with Gasteiger partial charge in [-0.15, -0.1) is 0 Å². The Morgan fingerprint density at radius 2 is 2.00 bits per heavy atom. The highest BCUT2D eigenvalue weighted by molar-refractivity contribution is 5.26. The third-order valence-corrected chi connectivity index (χ3v) is 3.46. The lowest BCUT2D eigenvalue weighted by molar-refractivity contribution is 0.0421. The van der Waals surface area contributed by atoms with Gasteiger partial charge in [0.25, 0.3) is 0 Å². The minimum absolute atomic E-state index is 0.342. The van der Waals surface area contributed by atoms with Crippen molar-refractivity contribution in [1.82, 2.24) is 4.90 Å². The largest absolute Gasteiger partial charge is 0.384 e. The Bertz CT molecular complexity index is 422. The van der Waals surface area contributed by atoms with Crippen molar-refractivity contribution in [3.05, 3.63) is 35.4 Å². The van der Waals surface area contributed by atoms with E-state index in [1.807, 2.05) is 0 Å². The van der Waals surface area contributed by atoms with Gasteiger partial charge in [0.1, 0.15) is 5.60 Å². The third-order valence-electron chi connectivity index (χ3n) is 3.46. The highest BCUT2D eigenvalue weighted by atomic mass is 19.2. The van der Waals surface area contributed by atoms with Crippen molar-refractivity contribution in [1.29, 1.82) is 0 Å². The van der Waals surface area contributed by atoms with E-state index < -0.39 is 17.2 Å². The maximum Gasteiger partial charge on any atom is 0.159 e. The summed E-state index contributed by atoms with van der Waals surface area (Å²) < 4.78 is 26.0. The number of likely N-dealkylation sites (tertiary alicyclic amines) is 1. The van der Waals surface area contributed by atoms with E-state index in [1.54, 1.807) is 0 Å². The molecule has 0 radical (unpaired) electrons. The van der Waals surface area contributed by atoms with Crippen LogP contribution in [0.4, 0.5) is 8.78 Å². The van der Waals surface area contributed by atoms with Gasteiger partial charge in [-0.3, -0.25) is 4.90 Å². The molecule has 1 unspecified atom stereocenters. The van der Waals surface area contributed by atoms with Crippen molar-refractivity contribution in [3.63, 3.8) is 0 Å². The van der Waals surface area contributed by atoms with Gasteiger partial charge in [-0.05, 0) is 38.0 Å². The van der Waals surface area contributed by atoms with E-state index in [0.717, 1.165) is 18.7 Å². The topological polar surface area (TPSA) is 23.5 Å². The normalized spacial score (nSPS) is 25.8. The van der Waals surface area contributed by atoms with Crippen LogP contribution in [0.25, 0.3) is 0 Å². The smallest absolute Gasteiger partial charge is 0.159 e. The zero-order valence-electron chi connectivity index (χ0n) is 10.1. The van der Waals surface area contributed by atoms with Gasteiger partial charge in [-0.1, -0.05) is 6.07 Å². The van der Waals surface area contributed by atoms with Crippen LogP contribution in [0.2, 0.25) is 0 Å².